The number of hydrogen-bond donors (Lipinski definition) is 0. The van der Waals surface area contributed by atoms with Crippen molar-refractivity contribution < 1.29 is 9.31 Å². The number of aromatic nitrogens is 1. The minimum Gasteiger partial charge on any atom is -0.376 e. The zero-order chi connectivity index (χ0) is 10.0. The predicted octanol–water partition coefficient (Wildman–Crippen LogP) is 1.19. The minimum absolute atomic E-state index is 0.494. The smallest absolute Gasteiger partial charge is 0.326 e. The topological polar surface area (TPSA) is 59.3 Å². The van der Waals surface area contributed by atoms with Gasteiger partial charge in [-0.3, -0.25) is 10.1 Å². The molecule has 1 aromatic heterocycles. The molecule has 0 N–H and O–H groups in total. The summed E-state index contributed by atoms with van der Waals surface area (Å²) in [4.78, 5) is 14.4. The summed E-state index contributed by atoms with van der Waals surface area (Å²) in [6.07, 6.45) is 1.24. The molecule has 0 bridgehead atoms. The summed E-state index contributed by atoms with van der Waals surface area (Å²) in [7, 11) is 3.39. The van der Waals surface area contributed by atoms with E-state index in [2.05, 4.69) is 4.98 Å². The van der Waals surface area contributed by atoms with Gasteiger partial charge >= 0.3 is 5.69 Å². The van der Waals surface area contributed by atoms with Crippen LogP contribution >= 0.6 is 0 Å². The molecule has 1 aromatic rings. The average Bonchev–Trinajstić information content (AvgIpc) is 2.04. The Bertz CT molecular complexity index is 341. The van der Waals surface area contributed by atoms with Gasteiger partial charge in [-0.05, 0) is 0 Å². The molecule has 0 atom stereocenters. The normalized spacial score (nSPS) is 9.77. The van der Waals surface area contributed by atoms with Crippen molar-refractivity contribution in [2.24, 2.45) is 0 Å². The molecule has 0 unspecified atom stereocenters. The van der Waals surface area contributed by atoms with E-state index in [0.717, 1.165) is 6.07 Å². The van der Waals surface area contributed by atoms with Gasteiger partial charge in [0.1, 0.15) is 0 Å². The summed E-state index contributed by atoms with van der Waals surface area (Å²) in [5.41, 5.74) is -0.112. The van der Waals surface area contributed by atoms with Gasteiger partial charge in [0, 0.05) is 20.2 Å². The first-order valence-corrected chi connectivity index (χ1v) is 3.49. The Balaban J connectivity index is 3.19. The van der Waals surface area contributed by atoms with Crippen molar-refractivity contribution in [2.75, 3.05) is 19.0 Å². The summed E-state index contributed by atoms with van der Waals surface area (Å²) in [5, 5.41) is 10.3. The van der Waals surface area contributed by atoms with E-state index in [-0.39, 0.29) is 0 Å². The predicted molar refractivity (Wildman–Crippen MR) is 45.2 cm³/mol. The van der Waals surface area contributed by atoms with Gasteiger partial charge in [-0.15, -0.1) is 0 Å². The molecule has 0 aliphatic rings. The molecule has 6 heteroatoms. The molecule has 0 fully saturated rings. The maximum atomic E-state index is 12.7. The molecule has 0 saturated carbocycles. The highest BCUT2D eigenvalue weighted by Gasteiger charge is 2.16. The van der Waals surface area contributed by atoms with Gasteiger partial charge in [0.25, 0.3) is 5.95 Å². The average molecular weight is 185 g/mol. The van der Waals surface area contributed by atoms with Gasteiger partial charge in [-0.2, -0.15) is 4.39 Å². The van der Waals surface area contributed by atoms with Gasteiger partial charge in [0.15, 0.2) is 0 Å². The van der Waals surface area contributed by atoms with Crippen LogP contribution < -0.4 is 4.90 Å². The number of hydrogen-bond acceptors (Lipinski definition) is 4. The Labute approximate surface area is 74.0 Å². The van der Waals surface area contributed by atoms with E-state index in [0.29, 0.717) is 5.69 Å². The van der Waals surface area contributed by atoms with E-state index < -0.39 is 16.6 Å². The van der Waals surface area contributed by atoms with Crippen LogP contribution in [0.2, 0.25) is 0 Å². The lowest BCUT2D eigenvalue weighted by atomic mass is 10.3. The first-order chi connectivity index (χ1) is 6.02. The second-order valence-corrected chi connectivity index (χ2v) is 2.65. The van der Waals surface area contributed by atoms with E-state index in [1.807, 2.05) is 0 Å². The van der Waals surface area contributed by atoms with Gasteiger partial charge < -0.3 is 4.90 Å². The lowest BCUT2D eigenvalue weighted by Gasteiger charge is -2.10. The Morgan fingerprint density at radius 1 is 1.62 bits per heavy atom. The first-order valence-electron chi connectivity index (χ1n) is 3.49. The number of pyridine rings is 1. The van der Waals surface area contributed by atoms with Crippen LogP contribution in [-0.4, -0.2) is 24.0 Å². The molecular weight excluding hydrogens is 177 g/mol. The van der Waals surface area contributed by atoms with Crippen molar-refractivity contribution in [1.29, 1.82) is 0 Å². The minimum atomic E-state index is -1.06. The van der Waals surface area contributed by atoms with Crippen LogP contribution in [0.15, 0.2) is 12.3 Å². The van der Waals surface area contributed by atoms with Crippen molar-refractivity contribution in [3.63, 3.8) is 0 Å². The van der Waals surface area contributed by atoms with E-state index in [4.69, 9.17) is 0 Å². The van der Waals surface area contributed by atoms with Crippen LogP contribution in [0.3, 0.4) is 0 Å². The number of nitrogens with zero attached hydrogens (tertiary/aromatic N) is 3. The molecule has 0 aliphatic carbocycles. The molecule has 0 amide bonds. The summed E-state index contributed by atoms with van der Waals surface area (Å²) < 4.78 is 12.7. The number of rotatable bonds is 2. The van der Waals surface area contributed by atoms with Crippen LogP contribution in [-0.2, 0) is 0 Å². The van der Waals surface area contributed by atoms with Crippen LogP contribution in [0, 0.1) is 16.1 Å². The lowest BCUT2D eigenvalue weighted by Crippen LogP contribution is -2.10. The monoisotopic (exact) mass is 185 g/mol. The Hall–Kier alpha value is -1.72. The first kappa shape index (κ1) is 9.37. The zero-order valence-corrected chi connectivity index (χ0v) is 7.19. The highest BCUT2D eigenvalue weighted by Crippen LogP contribution is 2.20. The molecule has 0 radical (unpaired) electrons. The molecule has 0 aliphatic heterocycles. The fourth-order valence-electron chi connectivity index (χ4n) is 0.798. The molecule has 5 nitrogen and oxygen atoms in total. The van der Waals surface area contributed by atoms with Crippen molar-refractivity contribution in [1.82, 2.24) is 4.98 Å². The van der Waals surface area contributed by atoms with E-state index in [1.54, 1.807) is 19.0 Å². The molecule has 1 rings (SSSR count). The number of halogens is 1. The molecule has 70 valence electrons. The van der Waals surface area contributed by atoms with Gasteiger partial charge in [0.05, 0.1) is 16.8 Å². The molecule has 0 spiro atoms. The fourth-order valence-corrected chi connectivity index (χ4v) is 0.798. The summed E-state index contributed by atoms with van der Waals surface area (Å²) in [6, 6.07) is 1.14. The third kappa shape index (κ3) is 1.90. The van der Waals surface area contributed by atoms with Crippen LogP contribution in [0.1, 0.15) is 0 Å². The summed E-state index contributed by atoms with van der Waals surface area (Å²) in [5.74, 6) is -1.06. The number of nitro groups is 1. The number of anilines is 1. The van der Waals surface area contributed by atoms with Gasteiger partial charge in [-0.1, -0.05) is 0 Å². The largest absolute Gasteiger partial charge is 0.376 e. The maximum Gasteiger partial charge on any atom is 0.326 e. The summed E-state index contributed by atoms with van der Waals surface area (Å²) >= 11 is 0. The van der Waals surface area contributed by atoms with Crippen LogP contribution in [0.5, 0.6) is 0 Å². The Morgan fingerprint density at radius 2 is 2.23 bits per heavy atom. The maximum absolute atomic E-state index is 12.7. The SMILES string of the molecule is CN(C)c1cnc(F)c([N+](=O)[O-])c1. The van der Waals surface area contributed by atoms with E-state index in [1.165, 1.54) is 6.20 Å². The second-order valence-electron chi connectivity index (χ2n) is 2.65. The molecular formula is C7H8FN3O2. The Kier molecular flexibility index (Phi) is 2.41. The van der Waals surface area contributed by atoms with Crippen LogP contribution in [0.4, 0.5) is 15.8 Å². The summed E-state index contributed by atoms with van der Waals surface area (Å²) in [6.45, 7) is 0. The van der Waals surface area contributed by atoms with Gasteiger partial charge in [0.2, 0.25) is 0 Å². The highest BCUT2D eigenvalue weighted by atomic mass is 19.1. The second kappa shape index (κ2) is 3.34. The third-order valence-corrected chi connectivity index (χ3v) is 1.52. The third-order valence-electron chi connectivity index (χ3n) is 1.52. The standard InChI is InChI=1S/C7H8FN3O2/c1-10(2)5-3-6(11(12)13)7(8)9-4-5/h3-4H,1-2H3. The quantitative estimate of drug-likeness (QED) is 0.394. The van der Waals surface area contributed by atoms with Crippen molar-refractivity contribution in [2.45, 2.75) is 0 Å². The lowest BCUT2D eigenvalue weighted by molar-refractivity contribution is -0.388. The van der Waals surface area contributed by atoms with Crippen LogP contribution in [0.25, 0.3) is 0 Å². The van der Waals surface area contributed by atoms with Crippen molar-refractivity contribution >= 4 is 11.4 Å². The molecule has 0 aromatic carbocycles. The Morgan fingerprint density at radius 3 is 2.69 bits per heavy atom. The molecule has 1 heterocycles. The molecule has 0 saturated heterocycles. The zero-order valence-electron chi connectivity index (χ0n) is 7.19. The molecule has 13 heavy (non-hydrogen) atoms. The van der Waals surface area contributed by atoms with Crippen molar-refractivity contribution in [3.05, 3.63) is 28.3 Å². The van der Waals surface area contributed by atoms with E-state index >= 15 is 0 Å². The highest BCUT2D eigenvalue weighted by molar-refractivity contribution is 5.49. The van der Waals surface area contributed by atoms with Crippen molar-refractivity contribution in [3.8, 4) is 0 Å². The fraction of sp³-hybridized carbons (Fsp3) is 0.286. The van der Waals surface area contributed by atoms with E-state index in [9.17, 15) is 14.5 Å². The van der Waals surface area contributed by atoms with Gasteiger partial charge in [-0.25, -0.2) is 4.98 Å².